The largest absolute Gasteiger partial charge is 0.496 e. The van der Waals surface area contributed by atoms with Gasteiger partial charge in [0.2, 0.25) is 0 Å². The Morgan fingerprint density at radius 3 is 2.68 bits per heavy atom. The van der Waals surface area contributed by atoms with Crippen LogP contribution in [-0.2, 0) is 9.53 Å². The van der Waals surface area contributed by atoms with Gasteiger partial charge in [-0.1, -0.05) is 23.3 Å². The zero-order valence-electron chi connectivity index (χ0n) is 10.1. The van der Waals surface area contributed by atoms with Gasteiger partial charge in [-0.15, -0.1) is 0 Å². The molecule has 1 aromatic carbocycles. The molecule has 1 rings (SSSR count). The molecule has 1 aromatic rings. The third-order valence-corrected chi connectivity index (χ3v) is 2.61. The molecule has 0 heterocycles. The number of carbonyl (C=O) groups is 1. The lowest BCUT2D eigenvalue weighted by atomic mass is 10.0. The summed E-state index contributed by atoms with van der Waals surface area (Å²) in [6.07, 6.45) is 0. The molecule has 0 radical (unpaired) electrons. The van der Waals surface area contributed by atoms with Crippen LogP contribution >= 0.6 is 11.6 Å². The summed E-state index contributed by atoms with van der Waals surface area (Å²) < 4.78 is 23.1. The average molecular weight is 286 g/mol. The van der Waals surface area contributed by atoms with E-state index in [1.54, 1.807) is 0 Å². The number of hydrogen-bond acceptors (Lipinski definition) is 4. The summed E-state index contributed by atoms with van der Waals surface area (Å²) in [7, 11) is 2.41. The molecule has 0 spiro atoms. The van der Waals surface area contributed by atoms with E-state index < -0.39 is 16.8 Å². The van der Waals surface area contributed by atoms with Crippen LogP contribution in [0.1, 0.15) is 5.56 Å². The van der Waals surface area contributed by atoms with Crippen molar-refractivity contribution in [2.24, 2.45) is 5.11 Å². The van der Waals surface area contributed by atoms with E-state index in [9.17, 15) is 9.18 Å². The van der Waals surface area contributed by atoms with Gasteiger partial charge in [-0.25, -0.2) is 9.18 Å². The summed E-state index contributed by atoms with van der Waals surface area (Å²) in [6, 6.07) is 0.955. The Morgan fingerprint density at radius 1 is 1.58 bits per heavy atom. The molecule has 0 bridgehead atoms. The average Bonchev–Trinajstić information content (AvgIpc) is 2.42. The van der Waals surface area contributed by atoms with Crippen molar-refractivity contribution in [3.63, 3.8) is 0 Å². The van der Waals surface area contributed by atoms with Crippen LogP contribution in [0.3, 0.4) is 0 Å². The van der Waals surface area contributed by atoms with Crippen molar-refractivity contribution >= 4 is 28.8 Å². The number of methoxy groups -OCH3 is 2. The number of hydrogen-bond donors (Lipinski definition) is 0. The zero-order chi connectivity index (χ0) is 14.6. The summed E-state index contributed by atoms with van der Waals surface area (Å²) in [5.41, 5.74) is 8.04. The van der Waals surface area contributed by atoms with Crippen molar-refractivity contribution in [1.82, 2.24) is 0 Å². The molecule has 0 saturated carbocycles. The van der Waals surface area contributed by atoms with E-state index in [1.807, 2.05) is 0 Å². The van der Waals surface area contributed by atoms with Crippen LogP contribution in [0.4, 0.5) is 10.1 Å². The Kier molecular flexibility index (Phi) is 4.74. The lowest BCUT2D eigenvalue weighted by Crippen LogP contribution is -2.05. The molecular weight excluding hydrogens is 277 g/mol. The van der Waals surface area contributed by atoms with E-state index in [-0.39, 0.29) is 22.6 Å². The van der Waals surface area contributed by atoms with Gasteiger partial charge >= 0.3 is 5.97 Å². The summed E-state index contributed by atoms with van der Waals surface area (Å²) >= 11 is 5.68. The fourth-order valence-electron chi connectivity index (χ4n) is 1.39. The zero-order valence-corrected chi connectivity index (χ0v) is 10.9. The van der Waals surface area contributed by atoms with Gasteiger partial charge in [0.05, 0.1) is 24.8 Å². The normalized spacial score (nSPS) is 9.47. The first kappa shape index (κ1) is 14.8. The number of carbonyl (C=O) groups excluding carboxylic acids is 1. The predicted molar refractivity (Wildman–Crippen MR) is 67.8 cm³/mol. The van der Waals surface area contributed by atoms with Crippen molar-refractivity contribution in [2.75, 3.05) is 14.2 Å². The molecular formula is C11H9ClFN3O3. The van der Waals surface area contributed by atoms with E-state index in [0.29, 0.717) is 0 Å². The SMILES string of the molecule is C=C(C(=O)OC)c1cc(F)c(Cl)c(N=[N+]=[N-])c1OC. The minimum atomic E-state index is -0.870. The molecule has 100 valence electrons. The van der Waals surface area contributed by atoms with Gasteiger partial charge in [-0.2, -0.15) is 0 Å². The predicted octanol–water partition coefficient (Wildman–Crippen LogP) is 3.62. The molecule has 6 nitrogen and oxygen atoms in total. The summed E-state index contributed by atoms with van der Waals surface area (Å²) in [6.45, 7) is 3.48. The highest BCUT2D eigenvalue weighted by Gasteiger charge is 2.22. The maximum absolute atomic E-state index is 13.6. The van der Waals surface area contributed by atoms with E-state index in [4.69, 9.17) is 21.9 Å². The fourth-order valence-corrected chi connectivity index (χ4v) is 1.57. The number of halogens is 2. The highest BCUT2D eigenvalue weighted by molar-refractivity contribution is 6.33. The topological polar surface area (TPSA) is 84.3 Å². The summed E-state index contributed by atoms with van der Waals surface area (Å²) in [4.78, 5) is 13.9. The smallest absolute Gasteiger partial charge is 0.337 e. The van der Waals surface area contributed by atoms with Crippen molar-refractivity contribution in [3.05, 3.63) is 39.5 Å². The standard InChI is InChI=1S/C11H9ClFN3O3/c1-5(11(17)19-3)6-4-7(13)8(12)9(15-16-14)10(6)18-2/h4H,1H2,2-3H3. The highest BCUT2D eigenvalue weighted by atomic mass is 35.5. The second kappa shape index (κ2) is 6.08. The van der Waals surface area contributed by atoms with Crippen molar-refractivity contribution in [1.29, 1.82) is 0 Å². The minimum absolute atomic E-state index is 0.00125. The summed E-state index contributed by atoms with van der Waals surface area (Å²) in [5, 5.41) is 2.85. The number of nitrogens with zero attached hydrogens (tertiary/aromatic N) is 3. The van der Waals surface area contributed by atoms with Crippen LogP contribution in [0.2, 0.25) is 5.02 Å². The molecule has 0 N–H and O–H groups in total. The first-order chi connectivity index (χ1) is 8.97. The number of benzene rings is 1. The molecule has 0 aromatic heterocycles. The van der Waals surface area contributed by atoms with Crippen molar-refractivity contribution in [2.45, 2.75) is 0 Å². The lowest BCUT2D eigenvalue weighted by Gasteiger charge is -2.13. The molecule has 0 aliphatic heterocycles. The van der Waals surface area contributed by atoms with Gasteiger partial charge in [0.15, 0.2) is 0 Å². The van der Waals surface area contributed by atoms with Gasteiger partial charge in [-0.05, 0) is 11.6 Å². The van der Waals surface area contributed by atoms with Crippen LogP contribution in [0, 0.1) is 5.82 Å². The van der Waals surface area contributed by atoms with Crippen LogP contribution in [0.5, 0.6) is 5.75 Å². The van der Waals surface area contributed by atoms with E-state index in [2.05, 4.69) is 21.3 Å². The lowest BCUT2D eigenvalue weighted by molar-refractivity contribution is -0.133. The first-order valence-corrected chi connectivity index (χ1v) is 5.24. The van der Waals surface area contributed by atoms with Gasteiger partial charge in [-0.3, -0.25) is 0 Å². The molecule has 0 saturated heterocycles. The van der Waals surface area contributed by atoms with E-state index in [0.717, 1.165) is 13.2 Å². The fraction of sp³-hybridized carbons (Fsp3) is 0.182. The molecule has 0 aliphatic rings. The highest BCUT2D eigenvalue weighted by Crippen LogP contribution is 2.42. The van der Waals surface area contributed by atoms with Gasteiger partial charge in [0.1, 0.15) is 17.3 Å². The Labute approximate surface area is 113 Å². The third kappa shape index (κ3) is 2.78. The third-order valence-electron chi connectivity index (χ3n) is 2.25. The minimum Gasteiger partial charge on any atom is -0.496 e. The number of ether oxygens (including phenoxy) is 2. The maximum Gasteiger partial charge on any atom is 0.337 e. The molecule has 19 heavy (non-hydrogen) atoms. The Hall–Kier alpha value is -2.24. The Morgan fingerprint density at radius 2 is 2.21 bits per heavy atom. The summed E-state index contributed by atoms with van der Waals surface area (Å²) in [5.74, 6) is -1.70. The van der Waals surface area contributed by atoms with Crippen LogP contribution in [0.25, 0.3) is 16.0 Å². The van der Waals surface area contributed by atoms with Crippen LogP contribution < -0.4 is 4.74 Å². The molecule has 0 atom stereocenters. The van der Waals surface area contributed by atoms with E-state index in [1.165, 1.54) is 7.11 Å². The molecule has 0 amide bonds. The van der Waals surface area contributed by atoms with Crippen molar-refractivity contribution < 1.29 is 18.7 Å². The monoisotopic (exact) mass is 285 g/mol. The molecule has 0 aliphatic carbocycles. The Balaban J connectivity index is 3.61. The van der Waals surface area contributed by atoms with Crippen LogP contribution in [-0.4, -0.2) is 20.2 Å². The number of esters is 1. The van der Waals surface area contributed by atoms with Gasteiger partial charge < -0.3 is 9.47 Å². The van der Waals surface area contributed by atoms with Crippen LogP contribution in [0.15, 0.2) is 17.8 Å². The quantitative estimate of drug-likeness (QED) is 0.278. The second-order valence-electron chi connectivity index (χ2n) is 3.26. The Bertz CT molecular complexity index is 597. The molecule has 8 heteroatoms. The second-order valence-corrected chi connectivity index (χ2v) is 3.64. The number of azide groups is 1. The number of rotatable bonds is 4. The molecule has 0 unspecified atom stereocenters. The van der Waals surface area contributed by atoms with Gasteiger partial charge in [0.25, 0.3) is 0 Å². The van der Waals surface area contributed by atoms with Gasteiger partial charge in [0, 0.05) is 10.5 Å². The maximum atomic E-state index is 13.6. The first-order valence-electron chi connectivity index (χ1n) is 4.86. The van der Waals surface area contributed by atoms with E-state index >= 15 is 0 Å². The molecule has 0 fully saturated rings. The van der Waals surface area contributed by atoms with Crippen molar-refractivity contribution in [3.8, 4) is 5.75 Å².